The molecule has 2 rings (SSSR count). The van der Waals surface area contributed by atoms with E-state index in [9.17, 15) is 24.5 Å². The fraction of sp³-hybridized carbons (Fsp3) is 0.211. The molecule has 10 heteroatoms. The Labute approximate surface area is 166 Å². The maximum Gasteiger partial charge on any atom is 0.341 e. The number of hydrogen-bond acceptors (Lipinski definition) is 7. The lowest BCUT2D eigenvalue weighted by Crippen LogP contribution is -2.41. The lowest BCUT2D eigenvalue weighted by molar-refractivity contribution is -0.384. The van der Waals surface area contributed by atoms with Crippen LogP contribution in [-0.4, -0.2) is 36.0 Å². The van der Waals surface area contributed by atoms with Crippen molar-refractivity contribution in [3.63, 3.8) is 0 Å². The lowest BCUT2D eigenvalue weighted by atomic mass is 10.1. The van der Waals surface area contributed by atoms with Gasteiger partial charge in [0.1, 0.15) is 0 Å². The second-order valence-corrected chi connectivity index (χ2v) is 5.81. The summed E-state index contributed by atoms with van der Waals surface area (Å²) < 4.78 is 4.90. The number of amides is 3. The van der Waals surface area contributed by atoms with Gasteiger partial charge in [-0.1, -0.05) is 30.3 Å². The van der Waals surface area contributed by atoms with E-state index in [2.05, 4.69) is 10.6 Å². The van der Waals surface area contributed by atoms with Gasteiger partial charge in [-0.15, -0.1) is 0 Å². The lowest BCUT2D eigenvalue weighted by Gasteiger charge is -2.12. The third-order valence-electron chi connectivity index (χ3n) is 3.68. The van der Waals surface area contributed by atoms with Gasteiger partial charge in [0.25, 0.3) is 11.6 Å². The molecule has 2 aromatic rings. The van der Waals surface area contributed by atoms with Gasteiger partial charge in [0, 0.05) is 30.9 Å². The number of benzene rings is 2. The zero-order valence-corrected chi connectivity index (χ0v) is 15.6. The van der Waals surface area contributed by atoms with E-state index in [1.807, 2.05) is 35.6 Å². The quantitative estimate of drug-likeness (QED) is 0.351. The number of nitro benzene ring substituents is 1. The molecule has 0 fully saturated rings. The molecule has 29 heavy (non-hydrogen) atoms. The summed E-state index contributed by atoms with van der Waals surface area (Å²) in [5.41, 5.74) is 0.856. The first kappa shape index (κ1) is 21.4. The summed E-state index contributed by atoms with van der Waals surface area (Å²) in [6, 6.07) is 12.3. The highest BCUT2D eigenvalue weighted by Crippen LogP contribution is 2.23. The summed E-state index contributed by atoms with van der Waals surface area (Å²) >= 11 is 0. The van der Waals surface area contributed by atoms with Crippen LogP contribution >= 0.6 is 0 Å². The number of carbonyl (C=O) groups excluding carboxylic acids is 3. The molecule has 0 aromatic heterocycles. The van der Waals surface area contributed by atoms with E-state index in [1.165, 1.54) is 12.1 Å². The van der Waals surface area contributed by atoms with Crippen LogP contribution in [0, 0.1) is 10.1 Å². The summed E-state index contributed by atoms with van der Waals surface area (Å²) in [6.07, 6.45) is 0. The molecule has 0 radical (unpaired) electrons. The fourth-order valence-corrected chi connectivity index (χ4v) is 2.34. The molecule has 2 aromatic carbocycles. The number of nitrogens with one attached hydrogen (secondary N) is 3. The number of nitro groups is 1. The minimum atomic E-state index is -0.935. The molecule has 0 atom stereocenters. The van der Waals surface area contributed by atoms with Gasteiger partial charge in [-0.3, -0.25) is 20.2 Å². The molecule has 10 nitrogen and oxygen atoms in total. The second-order valence-electron chi connectivity index (χ2n) is 5.81. The van der Waals surface area contributed by atoms with Crippen LogP contribution in [0.25, 0.3) is 0 Å². The molecule has 0 aliphatic carbocycles. The minimum absolute atomic E-state index is 0.0964. The maximum atomic E-state index is 12.4. The highest BCUT2D eigenvalue weighted by molar-refractivity contribution is 5.99. The van der Waals surface area contributed by atoms with Crippen LogP contribution in [0.4, 0.5) is 16.2 Å². The molecule has 0 bridgehead atoms. The number of non-ortho nitro benzene ring substituents is 1. The van der Waals surface area contributed by atoms with Gasteiger partial charge in [0.2, 0.25) is 0 Å². The van der Waals surface area contributed by atoms with Crippen LogP contribution in [-0.2, 0) is 16.1 Å². The van der Waals surface area contributed by atoms with E-state index >= 15 is 0 Å². The number of esters is 1. The van der Waals surface area contributed by atoms with Crippen molar-refractivity contribution in [1.82, 2.24) is 10.6 Å². The zero-order chi connectivity index (χ0) is 21.2. The number of rotatable bonds is 8. The van der Waals surface area contributed by atoms with E-state index in [0.717, 1.165) is 11.6 Å². The summed E-state index contributed by atoms with van der Waals surface area (Å²) in [4.78, 5) is 45.8. The molecule has 3 amide bonds. The van der Waals surface area contributed by atoms with Crippen molar-refractivity contribution in [1.29, 1.82) is 0 Å². The summed E-state index contributed by atoms with van der Waals surface area (Å²) in [5.74, 6) is -1.76. The number of hydrogen-bond donors (Lipinski definition) is 3. The third kappa shape index (κ3) is 6.61. The molecule has 3 N–H and O–H groups in total. The molecule has 152 valence electrons. The van der Waals surface area contributed by atoms with Gasteiger partial charge in [0.05, 0.1) is 10.5 Å². The van der Waals surface area contributed by atoms with Crippen molar-refractivity contribution in [3.8, 4) is 0 Å². The predicted molar refractivity (Wildman–Crippen MR) is 104 cm³/mol. The molecular formula is C19H20N4O6. The largest absolute Gasteiger partial charge is 0.452 e. The van der Waals surface area contributed by atoms with Gasteiger partial charge in [-0.25, -0.2) is 9.59 Å². The molecule has 0 aliphatic heterocycles. The topological polar surface area (TPSA) is 140 Å². The van der Waals surface area contributed by atoms with Crippen molar-refractivity contribution in [2.24, 2.45) is 0 Å². The Balaban J connectivity index is 2.09. The molecule has 0 aliphatic rings. The Bertz CT molecular complexity index is 901. The normalized spacial score (nSPS) is 9.97. The van der Waals surface area contributed by atoms with Gasteiger partial charge in [-0.2, -0.15) is 0 Å². The van der Waals surface area contributed by atoms with Crippen LogP contribution in [0.2, 0.25) is 0 Å². The molecular weight excluding hydrogens is 380 g/mol. The summed E-state index contributed by atoms with van der Waals surface area (Å²) in [7, 11) is 0. The van der Waals surface area contributed by atoms with E-state index in [1.54, 1.807) is 6.92 Å². The Morgan fingerprint density at radius 2 is 1.83 bits per heavy atom. The first-order chi connectivity index (χ1) is 13.9. The molecule has 0 saturated carbocycles. The van der Waals surface area contributed by atoms with E-state index in [4.69, 9.17) is 4.74 Å². The maximum absolute atomic E-state index is 12.4. The van der Waals surface area contributed by atoms with Crippen molar-refractivity contribution >= 4 is 29.3 Å². The number of carbonyl (C=O) groups is 3. The molecule has 0 spiro atoms. The molecule has 0 saturated heterocycles. The fourth-order valence-electron chi connectivity index (χ4n) is 2.34. The number of anilines is 1. The Morgan fingerprint density at radius 1 is 1.10 bits per heavy atom. The minimum Gasteiger partial charge on any atom is -0.452 e. The predicted octanol–water partition coefficient (Wildman–Crippen LogP) is 2.21. The Morgan fingerprint density at radius 3 is 2.48 bits per heavy atom. The summed E-state index contributed by atoms with van der Waals surface area (Å²) in [5, 5.41) is 18.4. The van der Waals surface area contributed by atoms with Crippen LogP contribution in [0.15, 0.2) is 48.5 Å². The van der Waals surface area contributed by atoms with Crippen LogP contribution in [0.1, 0.15) is 22.8 Å². The number of ether oxygens (including phenoxy) is 1. The van der Waals surface area contributed by atoms with Crippen molar-refractivity contribution in [3.05, 3.63) is 69.8 Å². The molecule has 0 unspecified atom stereocenters. The van der Waals surface area contributed by atoms with E-state index < -0.39 is 29.4 Å². The highest BCUT2D eigenvalue weighted by atomic mass is 16.6. The first-order valence-corrected chi connectivity index (χ1v) is 8.71. The zero-order valence-electron chi connectivity index (χ0n) is 15.6. The average molecular weight is 400 g/mol. The van der Waals surface area contributed by atoms with Crippen molar-refractivity contribution in [2.75, 3.05) is 18.5 Å². The van der Waals surface area contributed by atoms with E-state index in [-0.39, 0.29) is 11.3 Å². The van der Waals surface area contributed by atoms with Crippen LogP contribution in [0.3, 0.4) is 0 Å². The smallest absolute Gasteiger partial charge is 0.341 e. The average Bonchev–Trinajstić information content (AvgIpc) is 2.71. The highest BCUT2D eigenvalue weighted by Gasteiger charge is 2.19. The Kier molecular flexibility index (Phi) is 7.66. The first-order valence-electron chi connectivity index (χ1n) is 8.71. The SMILES string of the molecule is CCNC(=O)NC(=O)COC(=O)c1cc([N+](=O)[O-])ccc1NCc1ccccc1. The van der Waals surface area contributed by atoms with Gasteiger partial charge in [-0.05, 0) is 18.6 Å². The van der Waals surface area contributed by atoms with Crippen molar-refractivity contribution in [2.45, 2.75) is 13.5 Å². The van der Waals surface area contributed by atoms with Crippen molar-refractivity contribution < 1.29 is 24.0 Å². The molecule has 0 heterocycles. The number of imide groups is 1. The van der Waals surface area contributed by atoms with Crippen LogP contribution < -0.4 is 16.0 Å². The van der Waals surface area contributed by atoms with Gasteiger partial charge >= 0.3 is 12.0 Å². The number of urea groups is 1. The standard InChI is InChI=1S/C19H20N4O6/c1-2-20-19(26)22-17(24)12-29-18(25)15-10-14(23(27)28)8-9-16(15)21-11-13-6-4-3-5-7-13/h3-10,21H,2,11-12H2,1H3,(H2,20,22,24,26). The second kappa shape index (κ2) is 10.4. The van der Waals surface area contributed by atoms with Gasteiger partial charge in [0.15, 0.2) is 6.61 Å². The number of nitrogens with zero attached hydrogens (tertiary/aromatic N) is 1. The Hall–Kier alpha value is -3.95. The van der Waals surface area contributed by atoms with Crippen LogP contribution in [0.5, 0.6) is 0 Å². The van der Waals surface area contributed by atoms with E-state index in [0.29, 0.717) is 18.8 Å². The summed E-state index contributed by atoms with van der Waals surface area (Å²) in [6.45, 7) is 1.66. The monoisotopic (exact) mass is 400 g/mol. The third-order valence-corrected chi connectivity index (χ3v) is 3.68. The van der Waals surface area contributed by atoms with Gasteiger partial charge < -0.3 is 15.4 Å².